The molecule has 0 unspecified atom stereocenters. The third kappa shape index (κ3) is 2.83. The van der Waals surface area contributed by atoms with E-state index in [0.29, 0.717) is 0 Å². The van der Waals surface area contributed by atoms with Crippen LogP contribution >= 0.6 is 0 Å². The number of hydrogen-bond donors (Lipinski definition) is 1. The zero-order valence-corrected chi connectivity index (χ0v) is 11.3. The van der Waals surface area contributed by atoms with Crippen molar-refractivity contribution in [3.8, 4) is 0 Å². The quantitative estimate of drug-likeness (QED) is 0.884. The number of pyridine rings is 1. The molecule has 1 aliphatic heterocycles. The molecular weight excluding hydrogens is 222 g/mol. The molecule has 1 N–H and O–H groups in total. The van der Waals surface area contributed by atoms with E-state index in [4.69, 9.17) is 0 Å². The minimum atomic E-state index is 0.770. The van der Waals surface area contributed by atoms with Crippen molar-refractivity contribution in [3.63, 3.8) is 0 Å². The zero-order valence-electron chi connectivity index (χ0n) is 11.3. The molecule has 3 nitrogen and oxygen atoms in total. The van der Waals surface area contributed by atoms with Crippen LogP contribution in [0.5, 0.6) is 0 Å². The van der Waals surface area contributed by atoms with Gasteiger partial charge < -0.3 is 10.2 Å². The van der Waals surface area contributed by atoms with Crippen LogP contribution in [-0.4, -0.2) is 24.1 Å². The van der Waals surface area contributed by atoms with E-state index in [1.54, 1.807) is 0 Å². The van der Waals surface area contributed by atoms with E-state index in [2.05, 4.69) is 28.2 Å². The lowest BCUT2D eigenvalue weighted by Gasteiger charge is -2.29. The smallest absolute Gasteiger partial charge is 0.131 e. The van der Waals surface area contributed by atoms with Crippen LogP contribution in [0.3, 0.4) is 0 Å². The second-order valence-electron chi connectivity index (χ2n) is 5.69. The van der Waals surface area contributed by atoms with Gasteiger partial charge in [-0.2, -0.15) is 0 Å². The highest BCUT2D eigenvalue weighted by Crippen LogP contribution is 2.23. The van der Waals surface area contributed by atoms with Crippen molar-refractivity contribution in [1.29, 1.82) is 0 Å². The Labute approximate surface area is 110 Å². The van der Waals surface area contributed by atoms with E-state index in [9.17, 15) is 0 Å². The fourth-order valence-corrected chi connectivity index (χ4v) is 2.71. The molecule has 0 radical (unpaired) electrons. The Kier molecular flexibility index (Phi) is 3.50. The number of nitrogens with zero attached hydrogens (tertiary/aromatic N) is 2. The molecule has 0 amide bonds. The Morgan fingerprint density at radius 1 is 1.28 bits per heavy atom. The molecule has 1 saturated carbocycles. The van der Waals surface area contributed by atoms with Gasteiger partial charge in [0.25, 0.3) is 0 Å². The van der Waals surface area contributed by atoms with E-state index in [1.807, 2.05) is 6.20 Å². The monoisotopic (exact) mass is 245 g/mol. The lowest BCUT2D eigenvalue weighted by Crippen LogP contribution is -2.30. The summed E-state index contributed by atoms with van der Waals surface area (Å²) >= 11 is 0. The number of anilines is 1. The molecule has 3 rings (SSSR count). The third-order valence-corrected chi connectivity index (χ3v) is 3.94. The lowest BCUT2D eigenvalue weighted by molar-refractivity contribution is 0.572. The minimum Gasteiger partial charge on any atom is -0.356 e. The van der Waals surface area contributed by atoms with Gasteiger partial charge in [0.2, 0.25) is 0 Å². The number of hydrogen-bond acceptors (Lipinski definition) is 3. The molecule has 0 atom stereocenters. The van der Waals surface area contributed by atoms with E-state index in [0.717, 1.165) is 12.6 Å². The normalized spacial score (nSPS) is 20.2. The van der Waals surface area contributed by atoms with E-state index >= 15 is 0 Å². The van der Waals surface area contributed by atoms with Crippen molar-refractivity contribution in [2.24, 2.45) is 0 Å². The van der Waals surface area contributed by atoms with Crippen molar-refractivity contribution in [3.05, 3.63) is 23.4 Å². The molecule has 2 fully saturated rings. The van der Waals surface area contributed by atoms with Gasteiger partial charge in [-0.15, -0.1) is 0 Å². The molecule has 3 heteroatoms. The van der Waals surface area contributed by atoms with Crippen LogP contribution in [0.15, 0.2) is 12.3 Å². The first-order chi connectivity index (χ1) is 8.83. The number of nitrogens with one attached hydrogen (secondary N) is 1. The topological polar surface area (TPSA) is 28.2 Å². The summed E-state index contributed by atoms with van der Waals surface area (Å²) in [6, 6.07) is 3.07. The summed E-state index contributed by atoms with van der Waals surface area (Å²) in [5, 5.41) is 3.55. The Hall–Kier alpha value is -1.09. The van der Waals surface area contributed by atoms with E-state index in [1.165, 1.54) is 62.1 Å². The van der Waals surface area contributed by atoms with Crippen molar-refractivity contribution in [2.75, 3.05) is 18.0 Å². The van der Waals surface area contributed by atoms with E-state index in [-0.39, 0.29) is 0 Å². The summed E-state index contributed by atoms with van der Waals surface area (Å²) in [5.74, 6) is 1.20. The maximum atomic E-state index is 4.69. The second kappa shape index (κ2) is 5.27. The highest BCUT2D eigenvalue weighted by atomic mass is 15.2. The maximum Gasteiger partial charge on any atom is 0.131 e. The number of rotatable bonds is 4. The molecule has 0 bridgehead atoms. The summed E-state index contributed by atoms with van der Waals surface area (Å²) in [4.78, 5) is 7.13. The standard InChI is InChI=1S/C15H23N3/c1-12-9-13(10-16-14-5-6-14)11-17-15(12)18-7-3-2-4-8-18/h9,11,14,16H,2-8,10H2,1H3. The van der Waals surface area contributed by atoms with Gasteiger partial charge in [-0.1, -0.05) is 0 Å². The van der Waals surface area contributed by atoms with E-state index < -0.39 is 0 Å². The van der Waals surface area contributed by atoms with Crippen LogP contribution in [0.1, 0.15) is 43.2 Å². The van der Waals surface area contributed by atoms with Crippen molar-refractivity contribution >= 4 is 5.82 Å². The van der Waals surface area contributed by atoms with Gasteiger partial charge in [-0.05, 0) is 56.2 Å². The van der Waals surface area contributed by atoms with Gasteiger partial charge in [0.15, 0.2) is 0 Å². The van der Waals surface area contributed by atoms with Gasteiger partial charge in [0.1, 0.15) is 5.82 Å². The summed E-state index contributed by atoms with van der Waals surface area (Å²) < 4.78 is 0. The summed E-state index contributed by atoms with van der Waals surface area (Å²) in [6.45, 7) is 5.51. The minimum absolute atomic E-state index is 0.770. The lowest BCUT2D eigenvalue weighted by atomic mass is 10.1. The Balaban J connectivity index is 1.66. The molecule has 98 valence electrons. The third-order valence-electron chi connectivity index (χ3n) is 3.94. The maximum absolute atomic E-state index is 4.69. The highest BCUT2D eigenvalue weighted by molar-refractivity contribution is 5.47. The average Bonchev–Trinajstić information content (AvgIpc) is 3.21. The fourth-order valence-electron chi connectivity index (χ4n) is 2.71. The molecule has 18 heavy (non-hydrogen) atoms. The first-order valence-electron chi connectivity index (χ1n) is 7.27. The molecule has 0 spiro atoms. The average molecular weight is 245 g/mol. The second-order valence-corrected chi connectivity index (χ2v) is 5.69. The van der Waals surface area contributed by atoms with Crippen LogP contribution in [0.4, 0.5) is 5.82 Å². The first-order valence-corrected chi connectivity index (χ1v) is 7.27. The summed E-state index contributed by atoms with van der Waals surface area (Å²) in [5.41, 5.74) is 2.65. The number of aryl methyl sites for hydroxylation is 1. The highest BCUT2D eigenvalue weighted by Gasteiger charge is 2.20. The molecular formula is C15H23N3. The Morgan fingerprint density at radius 2 is 2.06 bits per heavy atom. The summed E-state index contributed by atoms with van der Waals surface area (Å²) in [6.07, 6.45) is 8.74. The SMILES string of the molecule is Cc1cc(CNC2CC2)cnc1N1CCCCC1. The van der Waals surface area contributed by atoms with Gasteiger partial charge in [0, 0.05) is 31.9 Å². The van der Waals surface area contributed by atoms with Gasteiger partial charge in [0.05, 0.1) is 0 Å². The predicted octanol–water partition coefficient (Wildman–Crippen LogP) is 2.63. The van der Waals surface area contributed by atoms with Gasteiger partial charge in [-0.25, -0.2) is 4.98 Å². The largest absolute Gasteiger partial charge is 0.356 e. The van der Waals surface area contributed by atoms with Crippen molar-refractivity contribution in [1.82, 2.24) is 10.3 Å². The van der Waals surface area contributed by atoms with Crippen molar-refractivity contribution in [2.45, 2.75) is 51.6 Å². The van der Waals surface area contributed by atoms with Crippen LogP contribution in [0, 0.1) is 6.92 Å². The van der Waals surface area contributed by atoms with Crippen molar-refractivity contribution < 1.29 is 0 Å². The Morgan fingerprint density at radius 3 is 2.72 bits per heavy atom. The van der Waals surface area contributed by atoms with Crippen LogP contribution in [0.2, 0.25) is 0 Å². The summed E-state index contributed by atoms with van der Waals surface area (Å²) in [7, 11) is 0. The van der Waals surface area contributed by atoms with Gasteiger partial charge in [-0.3, -0.25) is 0 Å². The fraction of sp³-hybridized carbons (Fsp3) is 0.667. The van der Waals surface area contributed by atoms with Gasteiger partial charge >= 0.3 is 0 Å². The molecule has 1 aromatic rings. The number of piperidine rings is 1. The van der Waals surface area contributed by atoms with Crippen LogP contribution in [0.25, 0.3) is 0 Å². The zero-order chi connectivity index (χ0) is 12.4. The van der Waals surface area contributed by atoms with Crippen LogP contribution in [-0.2, 0) is 6.54 Å². The molecule has 0 aromatic carbocycles. The molecule has 1 saturated heterocycles. The molecule has 2 aliphatic rings. The number of aromatic nitrogens is 1. The van der Waals surface area contributed by atoms with Crippen LogP contribution < -0.4 is 10.2 Å². The molecule has 2 heterocycles. The molecule has 1 aliphatic carbocycles. The predicted molar refractivity (Wildman–Crippen MR) is 74.9 cm³/mol. The first kappa shape index (κ1) is 12.0. The Bertz CT molecular complexity index is 406. The molecule has 1 aromatic heterocycles.